The van der Waals surface area contributed by atoms with E-state index in [2.05, 4.69) is 30.4 Å². The van der Waals surface area contributed by atoms with Gasteiger partial charge in [0.05, 0.1) is 21.1 Å². The zero-order chi connectivity index (χ0) is 21.1. The summed E-state index contributed by atoms with van der Waals surface area (Å²) in [6.45, 7) is 0. The quantitative estimate of drug-likeness (QED) is 0.239. The number of azo groups is 2. The molecule has 0 bridgehead atoms. The molecule has 12 heteroatoms. The molecule has 0 unspecified atom stereocenters. The monoisotopic (exact) mass is 436 g/mol. The number of benzene rings is 2. The minimum absolute atomic E-state index is 0.453. The van der Waals surface area contributed by atoms with Crippen LogP contribution < -0.4 is 22.9 Å². The minimum Gasteiger partial charge on any atom is -0.399 e. The third kappa shape index (κ3) is 4.39. The molecule has 0 fully saturated rings. The van der Waals surface area contributed by atoms with E-state index >= 15 is 0 Å². The van der Waals surface area contributed by atoms with Gasteiger partial charge in [0.25, 0.3) is 0 Å². The zero-order valence-corrected chi connectivity index (χ0v) is 17.1. The van der Waals surface area contributed by atoms with Gasteiger partial charge in [-0.3, -0.25) is 0 Å². The Hall–Kier alpha value is -3.90. The predicted octanol–water partition coefficient (Wildman–Crippen LogP) is 5.43. The summed E-state index contributed by atoms with van der Waals surface area (Å²) in [7, 11) is 0. The van der Waals surface area contributed by atoms with Gasteiger partial charge in [0.15, 0.2) is 0 Å². The second-order valence-electron chi connectivity index (χ2n) is 6.05. The van der Waals surface area contributed by atoms with Gasteiger partial charge in [-0.15, -0.1) is 20.5 Å². The number of nitrogen functional groups attached to an aromatic ring is 4. The summed E-state index contributed by atoms with van der Waals surface area (Å²) in [6.07, 6.45) is 3.41. The van der Waals surface area contributed by atoms with Gasteiger partial charge in [-0.05, 0) is 36.4 Å². The van der Waals surface area contributed by atoms with E-state index in [1.54, 1.807) is 48.8 Å². The highest BCUT2D eigenvalue weighted by atomic mass is 32.1. The highest BCUT2D eigenvalue weighted by molar-refractivity contribution is 7.25. The Morgan fingerprint density at radius 3 is 1.43 bits per heavy atom. The summed E-state index contributed by atoms with van der Waals surface area (Å²) < 4.78 is 0. The van der Waals surface area contributed by atoms with E-state index in [9.17, 15) is 0 Å². The predicted molar refractivity (Wildman–Crippen MR) is 122 cm³/mol. The molecule has 0 spiro atoms. The van der Waals surface area contributed by atoms with Gasteiger partial charge in [-0.2, -0.15) is 0 Å². The van der Waals surface area contributed by atoms with Gasteiger partial charge in [0.2, 0.25) is 10.3 Å². The molecule has 2 aromatic heterocycles. The molecule has 4 aromatic rings. The molecule has 4 rings (SSSR count). The maximum Gasteiger partial charge on any atom is 0.230 e. The van der Waals surface area contributed by atoms with E-state index in [1.807, 2.05) is 0 Å². The van der Waals surface area contributed by atoms with Crippen molar-refractivity contribution in [3.05, 3.63) is 48.8 Å². The Bertz CT molecular complexity index is 1160. The van der Waals surface area contributed by atoms with Crippen molar-refractivity contribution in [2.75, 3.05) is 22.9 Å². The van der Waals surface area contributed by atoms with Crippen molar-refractivity contribution >= 4 is 67.1 Å². The topological polar surface area (TPSA) is 179 Å². The number of nitrogens with two attached hydrogens (primary N) is 4. The third-order valence-electron chi connectivity index (χ3n) is 3.82. The molecule has 2 heterocycles. The van der Waals surface area contributed by atoms with E-state index in [-0.39, 0.29) is 0 Å². The van der Waals surface area contributed by atoms with E-state index in [1.165, 1.54) is 22.7 Å². The number of hydrogen-bond donors (Lipinski definition) is 4. The fraction of sp³-hybridized carbons (Fsp3) is 0. The van der Waals surface area contributed by atoms with Crippen molar-refractivity contribution in [3.8, 4) is 9.75 Å². The van der Waals surface area contributed by atoms with Gasteiger partial charge in [0.1, 0.15) is 11.4 Å². The van der Waals surface area contributed by atoms with E-state index in [0.29, 0.717) is 44.4 Å². The second-order valence-corrected chi connectivity index (χ2v) is 8.07. The molecule has 0 saturated carbocycles. The summed E-state index contributed by atoms with van der Waals surface area (Å²) in [4.78, 5) is 10.3. The van der Waals surface area contributed by atoms with Crippen LogP contribution in [0.1, 0.15) is 0 Å². The molecule has 0 radical (unpaired) electrons. The highest BCUT2D eigenvalue weighted by Gasteiger charge is 2.09. The van der Waals surface area contributed by atoms with Crippen LogP contribution in [-0.4, -0.2) is 9.97 Å². The van der Waals surface area contributed by atoms with Crippen molar-refractivity contribution in [1.82, 2.24) is 9.97 Å². The standard InChI is InChI=1S/C18H16N10S2/c19-9-1-3-13(11(21)5-9)25-27-17-23-7-15(29-17)16-8-24-18(30-16)28-26-14-4-2-10(20)6-12(14)22/h1-8H,19-22H2. The molecule has 0 amide bonds. The van der Waals surface area contributed by atoms with Crippen LogP contribution in [0.4, 0.5) is 44.4 Å². The van der Waals surface area contributed by atoms with Crippen LogP contribution >= 0.6 is 22.7 Å². The summed E-state index contributed by atoms with van der Waals surface area (Å²) in [5, 5.41) is 17.5. The minimum atomic E-state index is 0.453. The van der Waals surface area contributed by atoms with Crippen LogP contribution in [0.5, 0.6) is 0 Å². The van der Waals surface area contributed by atoms with Crippen LogP contribution in [0.2, 0.25) is 0 Å². The molecule has 0 aliphatic carbocycles. The van der Waals surface area contributed by atoms with Gasteiger partial charge >= 0.3 is 0 Å². The van der Waals surface area contributed by atoms with Gasteiger partial charge < -0.3 is 22.9 Å². The summed E-state index contributed by atoms with van der Waals surface area (Å²) in [5.74, 6) is 0. The zero-order valence-electron chi connectivity index (χ0n) is 15.4. The normalized spacial score (nSPS) is 11.6. The molecule has 150 valence electrons. The molecular weight excluding hydrogens is 420 g/mol. The Morgan fingerprint density at radius 2 is 1.03 bits per heavy atom. The summed E-state index contributed by atoms with van der Waals surface area (Å²) >= 11 is 2.75. The number of rotatable bonds is 5. The Morgan fingerprint density at radius 1 is 0.600 bits per heavy atom. The van der Waals surface area contributed by atoms with Crippen LogP contribution in [0.15, 0.2) is 69.2 Å². The van der Waals surface area contributed by atoms with E-state index in [0.717, 1.165) is 9.75 Å². The van der Waals surface area contributed by atoms with Crippen LogP contribution in [-0.2, 0) is 0 Å². The molecule has 0 aliphatic rings. The average Bonchev–Trinajstić information content (AvgIpc) is 3.36. The number of hydrogen-bond acceptors (Lipinski definition) is 12. The fourth-order valence-corrected chi connectivity index (χ4v) is 3.91. The number of aromatic nitrogens is 2. The Kier molecular flexibility index (Phi) is 5.32. The lowest BCUT2D eigenvalue weighted by Crippen LogP contribution is -1.89. The van der Waals surface area contributed by atoms with E-state index < -0.39 is 0 Å². The van der Waals surface area contributed by atoms with Crippen molar-refractivity contribution < 1.29 is 0 Å². The van der Waals surface area contributed by atoms with Gasteiger partial charge in [-0.1, -0.05) is 22.7 Å². The molecule has 2 aromatic carbocycles. The van der Waals surface area contributed by atoms with E-state index in [4.69, 9.17) is 22.9 Å². The fourth-order valence-electron chi connectivity index (χ4n) is 2.37. The first-order valence-electron chi connectivity index (χ1n) is 8.53. The number of thiazole rings is 2. The van der Waals surface area contributed by atoms with Crippen LogP contribution in [0.25, 0.3) is 9.75 Å². The molecular formula is C18H16N10S2. The highest BCUT2D eigenvalue weighted by Crippen LogP contribution is 2.38. The lowest BCUT2D eigenvalue weighted by Gasteiger charge is -1.99. The summed E-state index contributed by atoms with van der Waals surface area (Å²) in [5.41, 5.74) is 26.2. The first-order valence-corrected chi connectivity index (χ1v) is 10.2. The van der Waals surface area contributed by atoms with Gasteiger partial charge in [0, 0.05) is 23.8 Å². The molecule has 10 nitrogen and oxygen atoms in total. The Balaban J connectivity index is 1.48. The molecule has 0 saturated heterocycles. The molecule has 0 aliphatic heterocycles. The third-order valence-corrected chi connectivity index (χ3v) is 5.78. The number of nitrogens with zero attached hydrogens (tertiary/aromatic N) is 6. The maximum atomic E-state index is 5.88. The molecule has 0 atom stereocenters. The first-order chi connectivity index (χ1) is 14.5. The average molecular weight is 437 g/mol. The van der Waals surface area contributed by atoms with Crippen LogP contribution in [0.3, 0.4) is 0 Å². The molecule has 30 heavy (non-hydrogen) atoms. The first kappa shape index (κ1) is 19.4. The lowest BCUT2D eigenvalue weighted by atomic mass is 10.2. The largest absolute Gasteiger partial charge is 0.399 e. The van der Waals surface area contributed by atoms with Crippen molar-refractivity contribution in [1.29, 1.82) is 0 Å². The maximum absolute atomic E-state index is 5.88. The van der Waals surface area contributed by atoms with Crippen molar-refractivity contribution in [2.45, 2.75) is 0 Å². The lowest BCUT2D eigenvalue weighted by molar-refractivity contribution is 1.20. The SMILES string of the molecule is Nc1ccc(N=Nc2ncc(-c3cnc(N=Nc4ccc(N)cc4N)s3)s2)c(N)c1. The second kappa shape index (κ2) is 8.23. The molecule has 8 N–H and O–H groups in total. The van der Waals surface area contributed by atoms with Crippen LogP contribution in [0, 0.1) is 0 Å². The summed E-state index contributed by atoms with van der Waals surface area (Å²) in [6, 6.07) is 10.1. The Labute approximate surface area is 179 Å². The smallest absolute Gasteiger partial charge is 0.230 e. The van der Waals surface area contributed by atoms with Crippen molar-refractivity contribution in [2.24, 2.45) is 20.5 Å². The van der Waals surface area contributed by atoms with Gasteiger partial charge in [-0.25, -0.2) is 9.97 Å². The number of anilines is 4. The van der Waals surface area contributed by atoms with Crippen molar-refractivity contribution in [3.63, 3.8) is 0 Å².